The molecule has 1 amide bonds. The number of nitrogens with one attached hydrogen (secondary N) is 1. The molecular weight excluding hydrogens is 356 g/mol. The van der Waals surface area contributed by atoms with Crippen LogP contribution in [-0.2, 0) is 12.8 Å². The molecule has 0 bridgehead atoms. The number of amides is 1. The highest BCUT2D eigenvalue weighted by Crippen LogP contribution is 2.21. The van der Waals surface area contributed by atoms with Crippen molar-refractivity contribution in [3.8, 4) is 0 Å². The van der Waals surface area contributed by atoms with Gasteiger partial charge in [0.25, 0.3) is 5.91 Å². The Morgan fingerprint density at radius 3 is 2.37 bits per heavy atom. The molecule has 3 rings (SSSR count). The van der Waals surface area contributed by atoms with Crippen LogP contribution in [0.1, 0.15) is 41.3 Å². The van der Waals surface area contributed by atoms with E-state index in [4.69, 9.17) is 0 Å². The van der Waals surface area contributed by atoms with Gasteiger partial charge in [0, 0.05) is 18.7 Å². The molecule has 27 heavy (non-hydrogen) atoms. The zero-order chi connectivity index (χ0) is 18.2. The van der Waals surface area contributed by atoms with Crippen LogP contribution in [0, 0.1) is 5.92 Å². The molecule has 0 saturated carbocycles. The average molecular weight is 387 g/mol. The Labute approximate surface area is 169 Å². The molecule has 3 nitrogen and oxygen atoms in total. The maximum absolute atomic E-state index is 13.1. The molecule has 0 atom stereocenters. The smallest absolute Gasteiger partial charge is 0.254 e. The molecule has 1 aliphatic heterocycles. The second kappa shape index (κ2) is 11.1. The molecule has 4 heteroatoms. The summed E-state index contributed by atoms with van der Waals surface area (Å²) in [6.45, 7) is 6.00. The molecule has 0 aromatic heterocycles. The van der Waals surface area contributed by atoms with Crippen molar-refractivity contribution in [2.45, 2.75) is 32.6 Å². The van der Waals surface area contributed by atoms with Crippen molar-refractivity contribution in [2.75, 3.05) is 26.2 Å². The van der Waals surface area contributed by atoms with E-state index >= 15 is 0 Å². The summed E-state index contributed by atoms with van der Waals surface area (Å²) in [6.07, 6.45) is 4.08. The van der Waals surface area contributed by atoms with Gasteiger partial charge in [-0.15, -0.1) is 12.4 Å². The fourth-order valence-electron chi connectivity index (χ4n) is 3.73. The number of likely N-dealkylation sites (tertiary alicyclic amines) is 1. The van der Waals surface area contributed by atoms with E-state index in [9.17, 15) is 4.79 Å². The molecule has 2 aromatic carbocycles. The minimum Gasteiger partial charge on any atom is -0.339 e. The van der Waals surface area contributed by atoms with E-state index in [2.05, 4.69) is 42.6 Å². The Balaban J connectivity index is 0.00000261. The highest BCUT2D eigenvalue weighted by molar-refractivity contribution is 5.95. The summed E-state index contributed by atoms with van der Waals surface area (Å²) in [5, 5.41) is 3.43. The van der Waals surface area contributed by atoms with Gasteiger partial charge >= 0.3 is 0 Å². The lowest BCUT2D eigenvalue weighted by atomic mass is 9.95. The number of hydrogen-bond acceptors (Lipinski definition) is 2. The van der Waals surface area contributed by atoms with E-state index in [-0.39, 0.29) is 18.3 Å². The Bertz CT molecular complexity index is 697. The summed E-state index contributed by atoms with van der Waals surface area (Å²) >= 11 is 0. The first-order chi connectivity index (χ1) is 12.8. The molecule has 1 fully saturated rings. The van der Waals surface area contributed by atoms with Gasteiger partial charge in [0.1, 0.15) is 0 Å². The van der Waals surface area contributed by atoms with Crippen LogP contribution in [0.25, 0.3) is 0 Å². The summed E-state index contributed by atoms with van der Waals surface area (Å²) in [4.78, 5) is 15.1. The van der Waals surface area contributed by atoms with Crippen molar-refractivity contribution in [1.82, 2.24) is 10.2 Å². The summed E-state index contributed by atoms with van der Waals surface area (Å²) in [6, 6.07) is 18.6. The van der Waals surface area contributed by atoms with Crippen LogP contribution in [-0.4, -0.2) is 37.0 Å². The van der Waals surface area contributed by atoms with Gasteiger partial charge < -0.3 is 10.2 Å². The maximum atomic E-state index is 13.1. The van der Waals surface area contributed by atoms with Gasteiger partial charge in [-0.05, 0) is 61.9 Å². The normalized spacial score (nSPS) is 14.6. The number of hydrogen-bond donors (Lipinski definition) is 1. The fourth-order valence-corrected chi connectivity index (χ4v) is 3.73. The zero-order valence-electron chi connectivity index (χ0n) is 16.2. The van der Waals surface area contributed by atoms with Gasteiger partial charge in [0.2, 0.25) is 0 Å². The standard InChI is InChI=1S/C23H30N2O.ClH/c1-2-24-18-20-14-16-25(17-15-20)23(26)22-11-7-6-10-21(22)13-12-19-8-4-3-5-9-19;/h3-11,20,24H,2,12-18H2,1H3;1H. The minimum absolute atomic E-state index is 0. The first kappa shape index (κ1) is 21.5. The second-order valence-electron chi connectivity index (χ2n) is 7.19. The topological polar surface area (TPSA) is 32.3 Å². The van der Waals surface area contributed by atoms with Gasteiger partial charge in [-0.3, -0.25) is 4.79 Å². The first-order valence-corrected chi connectivity index (χ1v) is 9.89. The minimum atomic E-state index is 0. The third kappa shape index (κ3) is 6.08. The fraction of sp³-hybridized carbons (Fsp3) is 0.435. The van der Waals surface area contributed by atoms with Crippen LogP contribution in [0.4, 0.5) is 0 Å². The Morgan fingerprint density at radius 1 is 1.00 bits per heavy atom. The highest BCUT2D eigenvalue weighted by atomic mass is 35.5. The molecule has 1 aliphatic rings. The van der Waals surface area contributed by atoms with Crippen LogP contribution in [0.5, 0.6) is 0 Å². The lowest BCUT2D eigenvalue weighted by Gasteiger charge is -2.32. The number of rotatable bonds is 7. The SMILES string of the molecule is CCNCC1CCN(C(=O)c2ccccc2CCc2ccccc2)CC1.Cl. The summed E-state index contributed by atoms with van der Waals surface area (Å²) in [5.74, 6) is 0.905. The lowest BCUT2D eigenvalue weighted by Crippen LogP contribution is -2.41. The van der Waals surface area contributed by atoms with E-state index < -0.39 is 0 Å². The van der Waals surface area contributed by atoms with Gasteiger partial charge in [0.05, 0.1) is 0 Å². The lowest BCUT2D eigenvalue weighted by molar-refractivity contribution is 0.0689. The molecule has 146 valence electrons. The van der Waals surface area contributed by atoms with Crippen LogP contribution < -0.4 is 5.32 Å². The second-order valence-corrected chi connectivity index (χ2v) is 7.19. The van der Waals surface area contributed by atoms with Crippen LogP contribution in [0.2, 0.25) is 0 Å². The molecule has 1 saturated heterocycles. The van der Waals surface area contributed by atoms with Crippen LogP contribution in [0.3, 0.4) is 0 Å². The number of benzene rings is 2. The Hall–Kier alpha value is -1.84. The number of carbonyl (C=O) groups excluding carboxylic acids is 1. The first-order valence-electron chi connectivity index (χ1n) is 9.89. The summed E-state index contributed by atoms with van der Waals surface area (Å²) < 4.78 is 0. The quantitative estimate of drug-likeness (QED) is 0.766. The Kier molecular flexibility index (Phi) is 8.83. The number of piperidine rings is 1. The maximum Gasteiger partial charge on any atom is 0.254 e. The third-order valence-electron chi connectivity index (χ3n) is 5.36. The van der Waals surface area contributed by atoms with Crippen LogP contribution >= 0.6 is 12.4 Å². The molecular formula is C23H31ClN2O. The van der Waals surface area contributed by atoms with E-state index in [1.54, 1.807) is 0 Å². The molecule has 0 aliphatic carbocycles. The van der Waals surface area contributed by atoms with E-state index in [0.29, 0.717) is 5.92 Å². The average Bonchev–Trinajstić information content (AvgIpc) is 2.71. The summed E-state index contributed by atoms with van der Waals surface area (Å²) in [5.41, 5.74) is 3.36. The Morgan fingerprint density at radius 2 is 1.67 bits per heavy atom. The predicted molar refractivity (Wildman–Crippen MR) is 115 cm³/mol. The third-order valence-corrected chi connectivity index (χ3v) is 5.36. The van der Waals surface area contributed by atoms with Crippen molar-refractivity contribution in [3.63, 3.8) is 0 Å². The van der Waals surface area contributed by atoms with Crippen molar-refractivity contribution in [1.29, 1.82) is 0 Å². The number of aryl methyl sites for hydroxylation is 2. The predicted octanol–water partition coefficient (Wildman–Crippen LogP) is 4.36. The summed E-state index contributed by atoms with van der Waals surface area (Å²) in [7, 11) is 0. The number of nitrogens with zero attached hydrogens (tertiary/aromatic N) is 1. The van der Waals surface area contributed by atoms with Crippen molar-refractivity contribution < 1.29 is 4.79 Å². The highest BCUT2D eigenvalue weighted by Gasteiger charge is 2.24. The van der Waals surface area contributed by atoms with Crippen molar-refractivity contribution >= 4 is 18.3 Å². The van der Waals surface area contributed by atoms with Crippen molar-refractivity contribution in [2.24, 2.45) is 5.92 Å². The molecule has 0 radical (unpaired) electrons. The molecule has 1 heterocycles. The van der Waals surface area contributed by atoms with Crippen LogP contribution in [0.15, 0.2) is 54.6 Å². The molecule has 0 unspecified atom stereocenters. The van der Waals surface area contributed by atoms with Gasteiger partial charge in [0.15, 0.2) is 0 Å². The van der Waals surface area contributed by atoms with E-state index in [1.165, 1.54) is 5.56 Å². The van der Waals surface area contributed by atoms with E-state index in [0.717, 1.165) is 63.0 Å². The van der Waals surface area contributed by atoms with Gasteiger partial charge in [-0.25, -0.2) is 0 Å². The number of halogens is 1. The van der Waals surface area contributed by atoms with Gasteiger partial charge in [-0.1, -0.05) is 55.5 Å². The molecule has 2 aromatic rings. The number of carbonyl (C=O) groups is 1. The van der Waals surface area contributed by atoms with E-state index in [1.807, 2.05) is 29.2 Å². The monoisotopic (exact) mass is 386 g/mol. The molecule has 1 N–H and O–H groups in total. The zero-order valence-corrected chi connectivity index (χ0v) is 17.0. The van der Waals surface area contributed by atoms with Crippen molar-refractivity contribution in [3.05, 3.63) is 71.3 Å². The van der Waals surface area contributed by atoms with Gasteiger partial charge in [-0.2, -0.15) is 0 Å². The largest absolute Gasteiger partial charge is 0.339 e. The molecule has 0 spiro atoms.